The molecule has 2 rings (SSSR count). The number of benzene rings is 1. The number of ether oxygens (including phenoxy) is 1. The van der Waals surface area contributed by atoms with Gasteiger partial charge in [0.1, 0.15) is 0 Å². The van der Waals surface area contributed by atoms with E-state index < -0.39 is 0 Å². The summed E-state index contributed by atoms with van der Waals surface area (Å²) in [6.07, 6.45) is 3.98. The molecule has 0 aromatic heterocycles. The van der Waals surface area contributed by atoms with E-state index in [1.54, 1.807) is 6.08 Å². The third kappa shape index (κ3) is 2.97. The summed E-state index contributed by atoms with van der Waals surface area (Å²) in [4.78, 5) is 11.5. The van der Waals surface area contributed by atoms with Crippen molar-refractivity contribution in [2.24, 2.45) is 0 Å². The lowest BCUT2D eigenvalue weighted by atomic mass is 9.62. The Morgan fingerprint density at radius 1 is 1.09 bits per heavy atom. The molecule has 1 aliphatic carbocycles. The van der Waals surface area contributed by atoms with Crippen LogP contribution in [0.15, 0.2) is 18.2 Å². The fraction of sp³-hybridized carbons (Fsp3) is 0.550. The van der Waals surface area contributed by atoms with E-state index in [-0.39, 0.29) is 16.8 Å². The van der Waals surface area contributed by atoms with Gasteiger partial charge in [-0.3, -0.25) is 0 Å². The summed E-state index contributed by atoms with van der Waals surface area (Å²) in [7, 11) is 1.41. The standard InChI is InChI=1S/C20H28O2/c1-13-10-16-17(20(5,6)9-8-19(16,3)4)12-15(13)14(2)11-18(21)22-7/h10-12H,8-9H2,1-7H3/b14-11-. The molecule has 0 aliphatic heterocycles. The van der Waals surface area contributed by atoms with Crippen molar-refractivity contribution in [1.82, 2.24) is 0 Å². The lowest BCUT2D eigenvalue weighted by Crippen LogP contribution is -2.34. The Labute approximate surface area is 134 Å². The zero-order chi connectivity index (χ0) is 16.7. The van der Waals surface area contributed by atoms with E-state index in [9.17, 15) is 4.79 Å². The minimum absolute atomic E-state index is 0.179. The Bertz CT molecular complexity index is 633. The smallest absolute Gasteiger partial charge is 0.330 e. The maximum absolute atomic E-state index is 11.5. The van der Waals surface area contributed by atoms with Crippen molar-refractivity contribution >= 4 is 11.5 Å². The van der Waals surface area contributed by atoms with E-state index in [0.29, 0.717) is 0 Å². The van der Waals surface area contributed by atoms with Crippen LogP contribution in [0.3, 0.4) is 0 Å². The molecule has 0 atom stereocenters. The molecular weight excluding hydrogens is 272 g/mol. The van der Waals surface area contributed by atoms with Crippen LogP contribution in [0, 0.1) is 6.92 Å². The molecule has 2 heteroatoms. The SMILES string of the molecule is COC(=O)/C=C(/C)c1cc2c(cc1C)C(C)(C)CCC2(C)C. The molecule has 0 radical (unpaired) electrons. The van der Waals surface area contributed by atoms with E-state index >= 15 is 0 Å². The zero-order valence-electron chi connectivity index (χ0n) is 15.0. The summed E-state index contributed by atoms with van der Waals surface area (Å²) in [5.41, 5.74) is 6.61. The first kappa shape index (κ1) is 16.8. The van der Waals surface area contributed by atoms with E-state index in [4.69, 9.17) is 4.74 Å². The van der Waals surface area contributed by atoms with Crippen LogP contribution < -0.4 is 0 Å². The van der Waals surface area contributed by atoms with Gasteiger partial charge in [-0.05, 0) is 65.3 Å². The average molecular weight is 300 g/mol. The highest BCUT2D eigenvalue weighted by molar-refractivity contribution is 5.91. The number of rotatable bonds is 2. The topological polar surface area (TPSA) is 26.3 Å². The first-order valence-electron chi connectivity index (χ1n) is 8.01. The Morgan fingerprint density at radius 2 is 1.59 bits per heavy atom. The molecule has 0 heterocycles. The van der Waals surface area contributed by atoms with Crippen LogP contribution in [-0.2, 0) is 20.4 Å². The van der Waals surface area contributed by atoms with E-state index in [1.165, 1.54) is 36.6 Å². The van der Waals surface area contributed by atoms with Crippen LogP contribution in [0.25, 0.3) is 5.57 Å². The molecule has 0 unspecified atom stereocenters. The van der Waals surface area contributed by atoms with Crippen molar-refractivity contribution in [2.45, 2.75) is 65.2 Å². The highest BCUT2D eigenvalue weighted by atomic mass is 16.5. The molecule has 2 nitrogen and oxygen atoms in total. The van der Waals surface area contributed by atoms with Crippen LogP contribution in [-0.4, -0.2) is 13.1 Å². The molecule has 0 fully saturated rings. The Morgan fingerprint density at radius 3 is 2.09 bits per heavy atom. The second-order valence-electron chi connectivity index (χ2n) is 7.83. The quantitative estimate of drug-likeness (QED) is 0.572. The lowest BCUT2D eigenvalue weighted by Gasteiger charge is -2.42. The summed E-state index contributed by atoms with van der Waals surface area (Å²) >= 11 is 0. The maximum Gasteiger partial charge on any atom is 0.330 e. The van der Waals surface area contributed by atoms with Gasteiger partial charge in [0.15, 0.2) is 0 Å². The molecule has 120 valence electrons. The monoisotopic (exact) mass is 300 g/mol. The third-order valence-corrected chi connectivity index (χ3v) is 5.16. The Hall–Kier alpha value is -1.57. The maximum atomic E-state index is 11.5. The number of fused-ring (bicyclic) bond motifs is 1. The molecule has 0 N–H and O–H groups in total. The molecule has 0 saturated heterocycles. The average Bonchev–Trinajstić information content (AvgIpc) is 2.43. The largest absolute Gasteiger partial charge is 0.466 e. The lowest BCUT2D eigenvalue weighted by molar-refractivity contribution is -0.134. The van der Waals surface area contributed by atoms with Crippen LogP contribution in [0.4, 0.5) is 0 Å². The summed E-state index contributed by atoms with van der Waals surface area (Å²) in [6.45, 7) is 13.4. The van der Waals surface area contributed by atoms with Gasteiger partial charge >= 0.3 is 5.97 Å². The second kappa shape index (κ2) is 5.57. The molecular formula is C20H28O2. The van der Waals surface area contributed by atoms with Crippen LogP contribution in [0.2, 0.25) is 0 Å². The number of aryl methyl sites for hydroxylation is 1. The van der Waals surface area contributed by atoms with Crippen molar-refractivity contribution in [1.29, 1.82) is 0 Å². The van der Waals surface area contributed by atoms with E-state index in [2.05, 4.69) is 46.8 Å². The number of allylic oxidation sites excluding steroid dienone is 1. The van der Waals surface area contributed by atoms with Gasteiger partial charge in [-0.25, -0.2) is 4.79 Å². The number of esters is 1. The predicted molar refractivity (Wildman–Crippen MR) is 92.1 cm³/mol. The molecule has 1 aromatic carbocycles. The fourth-order valence-corrected chi connectivity index (χ4v) is 3.46. The second-order valence-corrected chi connectivity index (χ2v) is 7.83. The molecule has 1 aliphatic rings. The summed E-state index contributed by atoms with van der Waals surface area (Å²) in [5, 5.41) is 0. The minimum atomic E-state index is -0.297. The van der Waals surface area contributed by atoms with Gasteiger partial charge in [0.25, 0.3) is 0 Å². The first-order valence-corrected chi connectivity index (χ1v) is 8.01. The van der Waals surface area contributed by atoms with Crippen LogP contribution >= 0.6 is 0 Å². The van der Waals surface area contributed by atoms with Gasteiger partial charge in [-0.1, -0.05) is 39.8 Å². The van der Waals surface area contributed by atoms with Crippen LogP contribution in [0.5, 0.6) is 0 Å². The summed E-state index contributed by atoms with van der Waals surface area (Å²) < 4.78 is 4.75. The van der Waals surface area contributed by atoms with Crippen molar-refractivity contribution in [3.05, 3.63) is 40.5 Å². The molecule has 0 amide bonds. The van der Waals surface area contributed by atoms with Gasteiger partial charge in [0.05, 0.1) is 7.11 Å². The number of carbonyl (C=O) groups excluding carboxylic acids is 1. The molecule has 1 aromatic rings. The van der Waals surface area contributed by atoms with Crippen molar-refractivity contribution < 1.29 is 9.53 Å². The molecule has 0 spiro atoms. The van der Waals surface area contributed by atoms with Gasteiger partial charge in [0, 0.05) is 6.08 Å². The molecule has 0 saturated carbocycles. The highest BCUT2D eigenvalue weighted by Gasteiger charge is 2.37. The van der Waals surface area contributed by atoms with Gasteiger partial charge < -0.3 is 4.74 Å². The summed E-state index contributed by atoms with van der Waals surface area (Å²) in [5.74, 6) is -0.297. The van der Waals surface area contributed by atoms with E-state index in [1.807, 2.05) is 6.92 Å². The predicted octanol–water partition coefficient (Wildman–Crippen LogP) is 4.92. The van der Waals surface area contributed by atoms with Crippen molar-refractivity contribution in [2.75, 3.05) is 7.11 Å². The van der Waals surface area contributed by atoms with Crippen molar-refractivity contribution in [3.63, 3.8) is 0 Å². The highest BCUT2D eigenvalue weighted by Crippen LogP contribution is 2.47. The Kier molecular flexibility index (Phi) is 4.25. The van der Waals surface area contributed by atoms with Gasteiger partial charge in [-0.2, -0.15) is 0 Å². The van der Waals surface area contributed by atoms with Crippen molar-refractivity contribution in [3.8, 4) is 0 Å². The van der Waals surface area contributed by atoms with Gasteiger partial charge in [-0.15, -0.1) is 0 Å². The molecule has 22 heavy (non-hydrogen) atoms. The fourth-order valence-electron chi connectivity index (χ4n) is 3.46. The first-order chi connectivity index (χ1) is 10.1. The van der Waals surface area contributed by atoms with Crippen LogP contribution in [0.1, 0.15) is 69.7 Å². The molecule has 0 bridgehead atoms. The van der Waals surface area contributed by atoms with E-state index in [0.717, 1.165) is 11.1 Å². The Balaban J connectivity index is 2.62. The minimum Gasteiger partial charge on any atom is -0.466 e. The summed E-state index contributed by atoms with van der Waals surface area (Å²) in [6, 6.07) is 4.61. The van der Waals surface area contributed by atoms with Gasteiger partial charge in [0.2, 0.25) is 0 Å². The number of methoxy groups -OCH3 is 1. The number of carbonyl (C=O) groups is 1. The zero-order valence-corrected chi connectivity index (χ0v) is 15.0. The normalized spacial score (nSPS) is 19.5. The third-order valence-electron chi connectivity index (χ3n) is 5.16. The number of hydrogen-bond donors (Lipinski definition) is 0. The number of hydrogen-bond acceptors (Lipinski definition) is 2.